The van der Waals surface area contributed by atoms with Crippen LogP contribution < -0.4 is 10.1 Å². The molecule has 0 unspecified atom stereocenters. The van der Waals surface area contributed by atoms with Crippen molar-refractivity contribution in [3.05, 3.63) is 33.6 Å². The summed E-state index contributed by atoms with van der Waals surface area (Å²) in [6.07, 6.45) is 7.83. The number of benzene rings is 1. The van der Waals surface area contributed by atoms with Gasteiger partial charge in [-0.05, 0) is 46.0 Å². The lowest BCUT2D eigenvalue weighted by Gasteiger charge is -2.21. The monoisotopic (exact) mass is 481 g/mol. The molecule has 29 heavy (non-hydrogen) atoms. The number of hydrogen-bond donors (Lipinski definition) is 3. The maximum Gasteiger partial charge on any atom is 0.349 e. The van der Waals surface area contributed by atoms with Gasteiger partial charge in [-0.15, -0.1) is 11.3 Å². The van der Waals surface area contributed by atoms with Crippen molar-refractivity contribution >= 4 is 44.9 Å². The molecule has 8 heteroatoms. The summed E-state index contributed by atoms with van der Waals surface area (Å²) in [4.78, 5) is 23.0. The first kappa shape index (κ1) is 21.6. The normalized spacial score (nSPS) is 14.5. The first-order chi connectivity index (χ1) is 14.0. The second-order valence-electron chi connectivity index (χ2n) is 7.19. The molecule has 1 saturated carbocycles. The number of carbonyl (C=O) groups is 2. The number of rotatable bonds is 9. The molecule has 3 rings (SSSR count). The van der Waals surface area contributed by atoms with Crippen LogP contribution in [0.1, 0.15) is 48.2 Å². The molecular weight excluding hydrogens is 458 g/mol. The summed E-state index contributed by atoms with van der Waals surface area (Å²) >= 11 is 4.46. The van der Waals surface area contributed by atoms with Crippen LogP contribution in [0.15, 0.2) is 28.7 Å². The summed E-state index contributed by atoms with van der Waals surface area (Å²) in [5, 5.41) is 21.8. The minimum Gasteiger partial charge on any atom is -0.479 e. The third kappa shape index (κ3) is 5.73. The van der Waals surface area contributed by atoms with Crippen molar-refractivity contribution in [2.24, 2.45) is 5.92 Å². The topological polar surface area (TPSA) is 95.9 Å². The number of hydrogen-bond acceptors (Lipinski definition) is 5. The molecule has 0 radical (unpaired) electrons. The molecule has 3 N–H and O–H groups in total. The Morgan fingerprint density at radius 3 is 2.66 bits per heavy atom. The summed E-state index contributed by atoms with van der Waals surface area (Å²) in [6.45, 7) is 0.310. The van der Waals surface area contributed by atoms with Gasteiger partial charge in [0.05, 0.1) is 9.35 Å². The third-order valence-electron chi connectivity index (χ3n) is 5.07. The van der Waals surface area contributed by atoms with E-state index in [4.69, 9.17) is 9.84 Å². The minimum atomic E-state index is -1.16. The summed E-state index contributed by atoms with van der Waals surface area (Å²) in [5.74, 6) is -1.46. The fraction of sp³-hybridized carbons (Fsp3) is 0.429. The number of ether oxygens (including phenoxy) is 1. The van der Waals surface area contributed by atoms with Crippen molar-refractivity contribution in [3.63, 3.8) is 0 Å². The highest BCUT2D eigenvalue weighted by Crippen LogP contribution is 2.46. The van der Waals surface area contributed by atoms with Crippen LogP contribution in [0.5, 0.6) is 5.75 Å². The number of carboxylic acids is 2. The van der Waals surface area contributed by atoms with Gasteiger partial charge in [0.25, 0.3) is 0 Å². The van der Waals surface area contributed by atoms with Gasteiger partial charge in [-0.25, -0.2) is 9.59 Å². The lowest BCUT2D eigenvalue weighted by Crippen LogP contribution is -2.12. The average molecular weight is 482 g/mol. The predicted octanol–water partition coefficient (Wildman–Crippen LogP) is 5.72. The predicted molar refractivity (Wildman–Crippen MR) is 117 cm³/mol. The highest BCUT2D eigenvalue weighted by Gasteiger charge is 2.24. The molecule has 2 aromatic rings. The second-order valence-corrected chi connectivity index (χ2v) is 9.00. The molecule has 1 aliphatic carbocycles. The van der Waals surface area contributed by atoms with E-state index in [2.05, 4.69) is 21.2 Å². The van der Waals surface area contributed by atoms with Crippen LogP contribution in [0, 0.1) is 5.92 Å². The van der Waals surface area contributed by atoms with Crippen LogP contribution >= 0.6 is 27.3 Å². The van der Waals surface area contributed by atoms with E-state index in [0.717, 1.165) is 41.5 Å². The Bertz CT molecular complexity index is 876. The molecule has 1 aliphatic rings. The number of anilines is 1. The van der Waals surface area contributed by atoms with Gasteiger partial charge in [-0.1, -0.05) is 44.2 Å². The summed E-state index contributed by atoms with van der Waals surface area (Å²) in [5.41, 5.74) is 1.82. The van der Waals surface area contributed by atoms with E-state index in [1.807, 2.05) is 24.3 Å². The van der Waals surface area contributed by atoms with Crippen LogP contribution in [-0.2, 0) is 4.79 Å². The zero-order valence-electron chi connectivity index (χ0n) is 15.9. The fourth-order valence-corrected chi connectivity index (χ4v) is 5.54. The standard InChI is InChI=1S/C21H24BrNO5S/c22-17-18(28-12-16(24)25)20(21(26)27)29-19(17)14-7-4-8-15(11-14)23-10-9-13-5-2-1-3-6-13/h4,7-8,11,13,23H,1-3,5-6,9-10,12H2,(H,24,25)(H,26,27). The van der Waals surface area contributed by atoms with E-state index in [0.29, 0.717) is 9.35 Å². The van der Waals surface area contributed by atoms with Crippen LogP contribution in [0.3, 0.4) is 0 Å². The first-order valence-corrected chi connectivity index (χ1v) is 11.3. The molecule has 1 fully saturated rings. The maximum atomic E-state index is 11.6. The minimum absolute atomic E-state index is 0.0243. The van der Waals surface area contributed by atoms with Gasteiger partial charge < -0.3 is 20.3 Å². The van der Waals surface area contributed by atoms with Crippen molar-refractivity contribution in [2.75, 3.05) is 18.5 Å². The van der Waals surface area contributed by atoms with Crippen LogP contribution in [-0.4, -0.2) is 35.3 Å². The Hall–Kier alpha value is -2.06. The van der Waals surface area contributed by atoms with Crippen molar-refractivity contribution in [1.82, 2.24) is 0 Å². The molecule has 1 aromatic carbocycles. The highest BCUT2D eigenvalue weighted by atomic mass is 79.9. The molecule has 0 spiro atoms. The molecule has 0 saturated heterocycles. The summed E-state index contributed by atoms with van der Waals surface area (Å²) in [6, 6.07) is 7.79. The van der Waals surface area contributed by atoms with Gasteiger partial charge in [0.1, 0.15) is 0 Å². The van der Waals surface area contributed by atoms with E-state index in [-0.39, 0.29) is 10.6 Å². The molecule has 0 atom stereocenters. The van der Waals surface area contributed by atoms with E-state index in [1.165, 1.54) is 32.1 Å². The largest absolute Gasteiger partial charge is 0.479 e. The Morgan fingerprint density at radius 2 is 1.97 bits per heavy atom. The number of halogens is 1. The highest BCUT2D eigenvalue weighted by molar-refractivity contribution is 9.10. The Labute approximate surface area is 182 Å². The van der Waals surface area contributed by atoms with Crippen LogP contribution in [0.25, 0.3) is 10.4 Å². The molecule has 0 aliphatic heterocycles. The molecular formula is C21H24BrNO5S. The number of aromatic carboxylic acids is 1. The van der Waals surface area contributed by atoms with Gasteiger partial charge in [-0.3, -0.25) is 0 Å². The second kappa shape index (κ2) is 10.1. The fourth-order valence-electron chi connectivity index (χ4n) is 3.65. The van der Waals surface area contributed by atoms with E-state index in [9.17, 15) is 14.7 Å². The first-order valence-electron chi connectivity index (χ1n) is 9.70. The number of aliphatic carboxylic acids is 1. The quantitative estimate of drug-likeness (QED) is 0.423. The smallest absolute Gasteiger partial charge is 0.349 e. The Morgan fingerprint density at radius 1 is 1.21 bits per heavy atom. The summed E-state index contributed by atoms with van der Waals surface area (Å²) in [7, 11) is 0. The van der Waals surface area contributed by atoms with E-state index in [1.54, 1.807) is 0 Å². The Kier molecular flexibility index (Phi) is 7.55. The lowest BCUT2D eigenvalue weighted by atomic mass is 9.87. The summed E-state index contributed by atoms with van der Waals surface area (Å²) < 4.78 is 5.68. The van der Waals surface area contributed by atoms with Gasteiger partial charge in [0, 0.05) is 12.2 Å². The molecule has 1 heterocycles. The van der Waals surface area contributed by atoms with Crippen molar-refractivity contribution < 1.29 is 24.5 Å². The van der Waals surface area contributed by atoms with Crippen LogP contribution in [0.2, 0.25) is 0 Å². The van der Waals surface area contributed by atoms with Gasteiger partial charge in [0.15, 0.2) is 17.2 Å². The van der Waals surface area contributed by atoms with Gasteiger partial charge >= 0.3 is 11.9 Å². The number of nitrogens with one attached hydrogen (secondary N) is 1. The molecule has 0 bridgehead atoms. The zero-order valence-corrected chi connectivity index (χ0v) is 18.4. The lowest BCUT2D eigenvalue weighted by molar-refractivity contribution is -0.139. The molecule has 0 amide bonds. The Balaban J connectivity index is 1.74. The van der Waals surface area contributed by atoms with Crippen molar-refractivity contribution in [1.29, 1.82) is 0 Å². The van der Waals surface area contributed by atoms with E-state index < -0.39 is 18.5 Å². The van der Waals surface area contributed by atoms with Crippen molar-refractivity contribution in [2.45, 2.75) is 38.5 Å². The zero-order chi connectivity index (χ0) is 20.8. The van der Waals surface area contributed by atoms with Gasteiger partial charge in [0.2, 0.25) is 0 Å². The van der Waals surface area contributed by atoms with Crippen LogP contribution in [0.4, 0.5) is 5.69 Å². The number of thiophene rings is 1. The average Bonchev–Trinajstić information content (AvgIpc) is 3.04. The van der Waals surface area contributed by atoms with E-state index >= 15 is 0 Å². The molecule has 6 nitrogen and oxygen atoms in total. The molecule has 1 aromatic heterocycles. The number of carboxylic acid groups (broad SMARTS) is 2. The SMILES string of the molecule is O=C(O)COc1c(C(=O)O)sc(-c2cccc(NCCC3CCCCC3)c2)c1Br. The van der Waals surface area contributed by atoms with Gasteiger partial charge in [-0.2, -0.15) is 0 Å². The maximum absolute atomic E-state index is 11.6. The third-order valence-corrected chi connectivity index (χ3v) is 7.30. The van der Waals surface area contributed by atoms with Crippen molar-refractivity contribution in [3.8, 4) is 16.2 Å². The molecule has 156 valence electrons.